The number of nitrogens with zero attached hydrogens (tertiary/aromatic N) is 2. The first-order valence-corrected chi connectivity index (χ1v) is 7.27. The Morgan fingerprint density at radius 2 is 2.18 bits per heavy atom. The second-order valence-electron chi connectivity index (χ2n) is 5.06. The molecule has 0 aliphatic carbocycles. The first kappa shape index (κ1) is 15.8. The highest BCUT2D eigenvalue weighted by Crippen LogP contribution is 2.20. The summed E-state index contributed by atoms with van der Waals surface area (Å²) in [5.74, 6) is -0.813. The number of rotatable bonds is 7. The van der Waals surface area contributed by atoms with Crippen molar-refractivity contribution in [2.45, 2.75) is 19.9 Å². The van der Waals surface area contributed by atoms with Crippen LogP contribution in [0.15, 0.2) is 47.9 Å². The van der Waals surface area contributed by atoms with Crippen LogP contribution in [-0.2, 0) is 11.3 Å². The second-order valence-corrected chi connectivity index (χ2v) is 5.06. The van der Waals surface area contributed by atoms with Crippen LogP contribution in [-0.4, -0.2) is 28.7 Å². The van der Waals surface area contributed by atoms with Crippen LogP contribution >= 0.6 is 0 Å². The Bertz CT molecular complexity index is 749. The summed E-state index contributed by atoms with van der Waals surface area (Å²) in [5.41, 5.74) is 0.884. The van der Waals surface area contributed by atoms with Gasteiger partial charge in [0, 0.05) is 36.9 Å². The summed E-state index contributed by atoms with van der Waals surface area (Å²) in [4.78, 5) is 25.0. The average molecular weight is 300 g/mol. The van der Waals surface area contributed by atoms with Crippen LogP contribution in [0.2, 0.25) is 0 Å². The minimum absolute atomic E-state index is 0.0439. The van der Waals surface area contributed by atoms with E-state index in [9.17, 15) is 9.59 Å². The van der Waals surface area contributed by atoms with Crippen LogP contribution in [0.4, 0.5) is 5.69 Å². The Kier molecular flexibility index (Phi) is 4.99. The number of allylic oxidation sites excluding steroid dienone is 1. The van der Waals surface area contributed by atoms with E-state index in [4.69, 9.17) is 5.11 Å². The molecule has 5 heteroatoms. The number of carboxylic acid groups (broad SMARTS) is 1. The quantitative estimate of drug-likeness (QED) is 0.798. The molecule has 0 radical (unpaired) electrons. The lowest BCUT2D eigenvalue weighted by atomic mass is 10.1. The second kappa shape index (κ2) is 6.93. The van der Waals surface area contributed by atoms with Gasteiger partial charge in [0.1, 0.15) is 0 Å². The van der Waals surface area contributed by atoms with Gasteiger partial charge < -0.3 is 14.6 Å². The molecule has 1 heterocycles. The van der Waals surface area contributed by atoms with E-state index in [1.54, 1.807) is 22.9 Å². The molecule has 0 unspecified atom stereocenters. The van der Waals surface area contributed by atoms with Crippen molar-refractivity contribution in [1.29, 1.82) is 0 Å². The normalized spacial score (nSPS) is 10.6. The van der Waals surface area contributed by atoms with Crippen LogP contribution in [0.5, 0.6) is 0 Å². The van der Waals surface area contributed by atoms with Crippen molar-refractivity contribution in [1.82, 2.24) is 4.57 Å². The third-order valence-electron chi connectivity index (χ3n) is 3.63. The lowest BCUT2D eigenvalue weighted by Crippen LogP contribution is -2.26. The van der Waals surface area contributed by atoms with Gasteiger partial charge in [0.05, 0.1) is 6.42 Å². The molecule has 0 aliphatic heterocycles. The highest BCUT2D eigenvalue weighted by atomic mass is 16.4. The van der Waals surface area contributed by atoms with Gasteiger partial charge in [-0.3, -0.25) is 9.59 Å². The number of benzene rings is 1. The Hall–Kier alpha value is -2.56. The van der Waals surface area contributed by atoms with Gasteiger partial charge in [-0.2, -0.15) is 0 Å². The zero-order chi connectivity index (χ0) is 16.1. The minimum atomic E-state index is -0.813. The maximum atomic E-state index is 12.3. The average Bonchev–Trinajstić information content (AvgIpc) is 2.50. The van der Waals surface area contributed by atoms with Crippen LogP contribution in [0.1, 0.15) is 13.3 Å². The molecule has 116 valence electrons. The summed E-state index contributed by atoms with van der Waals surface area (Å²) in [5, 5.41) is 10.3. The van der Waals surface area contributed by atoms with Gasteiger partial charge in [-0.15, -0.1) is 6.58 Å². The summed E-state index contributed by atoms with van der Waals surface area (Å²) >= 11 is 0. The molecular formula is C17H20N2O3. The van der Waals surface area contributed by atoms with Crippen molar-refractivity contribution in [3.63, 3.8) is 0 Å². The highest BCUT2D eigenvalue weighted by molar-refractivity contribution is 5.85. The molecule has 0 saturated heterocycles. The summed E-state index contributed by atoms with van der Waals surface area (Å²) in [6.45, 7) is 7.27. The highest BCUT2D eigenvalue weighted by Gasteiger charge is 2.09. The smallest absolute Gasteiger partial charge is 0.305 e. The van der Waals surface area contributed by atoms with Crippen LogP contribution in [0.3, 0.4) is 0 Å². The molecule has 0 bridgehead atoms. The van der Waals surface area contributed by atoms with Gasteiger partial charge in [0.25, 0.3) is 5.56 Å². The first-order chi connectivity index (χ1) is 10.6. The minimum Gasteiger partial charge on any atom is -0.481 e. The van der Waals surface area contributed by atoms with E-state index in [1.807, 2.05) is 30.0 Å². The molecule has 2 aromatic rings. The SMILES string of the molecule is C=CCn1ccc2cc(N(CC)CCC(=O)O)ccc2c1=O. The van der Waals surface area contributed by atoms with Crippen molar-refractivity contribution in [3.05, 3.63) is 53.5 Å². The number of pyridine rings is 1. The molecule has 0 atom stereocenters. The lowest BCUT2D eigenvalue weighted by Gasteiger charge is -2.22. The number of carbonyl (C=O) groups is 1. The third-order valence-corrected chi connectivity index (χ3v) is 3.63. The van der Waals surface area contributed by atoms with Gasteiger partial charge in [-0.25, -0.2) is 0 Å². The van der Waals surface area contributed by atoms with Crippen LogP contribution in [0, 0.1) is 0 Å². The molecular weight excluding hydrogens is 280 g/mol. The van der Waals surface area contributed by atoms with Gasteiger partial charge >= 0.3 is 5.97 Å². The topological polar surface area (TPSA) is 62.5 Å². The molecule has 0 aliphatic rings. The van der Waals surface area contributed by atoms with Gasteiger partial charge in [0.15, 0.2) is 0 Å². The molecule has 0 amide bonds. The maximum absolute atomic E-state index is 12.3. The zero-order valence-electron chi connectivity index (χ0n) is 12.7. The fourth-order valence-electron chi connectivity index (χ4n) is 2.46. The number of anilines is 1. The molecule has 1 aromatic heterocycles. The molecule has 0 fully saturated rings. The number of hydrogen-bond acceptors (Lipinski definition) is 3. The van der Waals surface area contributed by atoms with Crippen LogP contribution < -0.4 is 10.5 Å². The monoisotopic (exact) mass is 300 g/mol. The number of fused-ring (bicyclic) bond motifs is 1. The van der Waals surface area contributed by atoms with Crippen molar-refractivity contribution in [2.24, 2.45) is 0 Å². The van der Waals surface area contributed by atoms with E-state index in [1.165, 1.54) is 0 Å². The van der Waals surface area contributed by atoms with Crippen molar-refractivity contribution >= 4 is 22.4 Å². The van der Waals surface area contributed by atoms with Crippen molar-refractivity contribution < 1.29 is 9.90 Å². The third kappa shape index (κ3) is 3.36. The van der Waals surface area contributed by atoms with Crippen molar-refractivity contribution in [2.75, 3.05) is 18.0 Å². The molecule has 5 nitrogen and oxygen atoms in total. The maximum Gasteiger partial charge on any atom is 0.305 e. The van der Waals surface area contributed by atoms with Gasteiger partial charge in [-0.1, -0.05) is 6.08 Å². The Labute approximate surface area is 129 Å². The first-order valence-electron chi connectivity index (χ1n) is 7.27. The Balaban J connectivity index is 2.37. The van der Waals surface area contributed by atoms with Gasteiger partial charge in [0.2, 0.25) is 0 Å². The zero-order valence-corrected chi connectivity index (χ0v) is 12.7. The molecule has 1 aromatic carbocycles. The molecule has 1 N–H and O–H groups in total. The lowest BCUT2D eigenvalue weighted by molar-refractivity contribution is -0.136. The fraction of sp³-hybridized carbons (Fsp3) is 0.294. The van der Waals surface area contributed by atoms with E-state index >= 15 is 0 Å². The Morgan fingerprint density at radius 3 is 2.82 bits per heavy atom. The molecule has 0 saturated carbocycles. The summed E-state index contributed by atoms with van der Waals surface area (Å²) < 4.78 is 1.61. The summed E-state index contributed by atoms with van der Waals surface area (Å²) in [7, 11) is 0. The van der Waals surface area contributed by atoms with E-state index in [0.29, 0.717) is 25.0 Å². The van der Waals surface area contributed by atoms with E-state index < -0.39 is 5.97 Å². The molecule has 0 spiro atoms. The standard InChI is InChI=1S/C17H20N2O3/c1-3-9-19-10-7-13-12-14(5-6-15(13)17(19)22)18(4-2)11-8-16(20)21/h3,5-7,10,12H,1,4,8-9,11H2,2H3,(H,20,21). The predicted octanol–water partition coefficient (Wildman–Crippen LogP) is 2.49. The van der Waals surface area contributed by atoms with E-state index in [-0.39, 0.29) is 12.0 Å². The van der Waals surface area contributed by atoms with E-state index in [0.717, 1.165) is 11.1 Å². The summed E-state index contributed by atoms with van der Waals surface area (Å²) in [6.07, 6.45) is 3.53. The number of aliphatic carboxylic acids is 1. The van der Waals surface area contributed by atoms with Crippen molar-refractivity contribution in [3.8, 4) is 0 Å². The summed E-state index contributed by atoms with van der Waals surface area (Å²) in [6, 6.07) is 7.50. The fourth-order valence-corrected chi connectivity index (χ4v) is 2.46. The molecule has 22 heavy (non-hydrogen) atoms. The van der Waals surface area contributed by atoms with Gasteiger partial charge in [-0.05, 0) is 36.6 Å². The Morgan fingerprint density at radius 1 is 1.41 bits per heavy atom. The van der Waals surface area contributed by atoms with Crippen LogP contribution in [0.25, 0.3) is 10.8 Å². The molecule has 2 rings (SSSR count). The number of hydrogen-bond donors (Lipinski definition) is 1. The number of aromatic nitrogens is 1. The number of carboxylic acids is 1. The largest absolute Gasteiger partial charge is 0.481 e. The predicted molar refractivity (Wildman–Crippen MR) is 88.5 cm³/mol. The van der Waals surface area contributed by atoms with E-state index in [2.05, 4.69) is 6.58 Å².